The second-order valence-corrected chi connectivity index (χ2v) is 6.99. The summed E-state index contributed by atoms with van der Waals surface area (Å²) in [5.74, 6) is 1.84. The van der Waals surface area contributed by atoms with Crippen molar-refractivity contribution in [2.75, 3.05) is 19.6 Å². The van der Waals surface area contributed by atoms with Crippen LogP contribution in [0.15, 0.2) is 0 Å². The van der Waals surface area contributed by atoms with E-state index in [9.17, 15) is 0 Å². The summed E-state index contributed by atoms with van der Waals surface area (Å²) in [4.78, 5) is 2.63. The van der Waals surface area contributed by atoms with Crippen LogP contribution in [0.1, 0.15) is 59.3 Å². The number of hydrogen-bond donors (Lipinski definition) is 1. The third-order valence-electron chi connectivity index (χ3n) is 4.48. The molecule has 0 aromatic heterocycles. The zero-order valence-electron chi connectivity index (χ0n) is 12.6. The monoisotopic (exact) mass is 252 g/mol. The van der Waals surface area contributed by atoms with E-state index >= 15 is 0 Å². The van der Waals surface area contributed by atoms with E-state index in [-0.39, 0.29) is 0 Å². The van der Waals surface area contributed by atoms with Crippen LogP contribution >= 0.6 is 0 Å². The first-order valence-corrected chi connectivity index (χ1v) is 8.13. The van der Waals surface area contributed by atoms with Gasteiger partial charge in [0.1, 0.15) is 0 Å². The van der Waals surface area contributed by atoms with Crippen LogP contribution in [-0.4, -0.2) is 36.6 Å². The Labute approximate surface area is 114 Å². The van der Waals surface area contributed by atoms with Crippen LogP contribution in [0, 0.1) is 11.8 Å². The predicted molar refractivity (Wildman–Crippen MR) is 78.9 cm³/mol. The molecule has 2 nitrogen and oxygen atoms in total. The Balaban J connectivity index is 1.69. The van der Waals surface area contributed by atoms with Gasteiger partial charge in [-0.15, -0.1) is 0 Å². The van der Waals surface area contributed by atoms with Crippen molar-refractivity contribution in [3.8, 4) is 0 Å². The highest BCUT2D eigenvalue weighted by molar-refractivity contribution is 4.88. The fourth-order valence-corrected chi connectivity index (χ4v) is 3.24. The Kier molecular flexibility index (Phi) is 5.50. The summed E-state index contributed by atoms with van der Waals surface area (Å²) in [7, 11) is 0. The summed E-state index contributed by atoms with van der Waals surface area (Å²) in [5, 5.41) is 3.92. The van der Waals surface area contributed by atoms with Crippen molar-refractivity contribution < 1.29 is 0 Å². The maximum Gasteiger partial charge on any atom is 0.0169 e. The van der Waals surface area contributed by atoms with Gasteiger partial charge in [-0.2, -0.15) is 0 Å². The average Bonchev–Trinajstić information content (AvgIpc) is 3.03. The van der Waals surface area contributed by atoms with Gasteiger partial charge in [0, 0.05) is 18.6 Å². The number of nitrogens with zero attached hydrogens (tertiary/aromatic N) is 1. The molecule has 0 bridgehead atoms. The molecule has 1 aliphatic carbocycles. The van der Waals surface area contributed by atoms with E-state index in [1.54, 1.807) is 0 Å². The van der Waals surface area contributed by atoms with Gasteiger partial charge in [0.25, 0.3) is 0 Å². The van der Waals surface area contributed by atoms with E-state index in [4.69, 9.17) is 0 Å². The lowest BCUT2D eigenvalue weighted by Crippen LogP contribution is -2.44. The lowest BCUT2D eigenvalue weighted by molar-refractivity contribution is 0.270. The molecule has 2 fully saturated rings. The van der Waals surface area contributed by atoms with Gasteiger partial charge in [-0.25, -0.2) is 0 Å². The van der Waals surface area contributed by atoms with Crippen LogP contribution in [-0.2, 0) is 0 Å². The van der Waals surface area contributed by atoms with E-state index in [2.05, 4.69) is 31.0 Å². The molecule has 0 spiro atoms. The van der Waals surface area contributed by atoms with Crippen LogP contribution in [0.3, 0.4) is 0 Å². The molecular weight excluding hydrogens is 220 g/mol. The SMILES string of the molecule is CC(C)CCC(NC(C)CN1CCCC1)C1CC1. The maximum absolute atomic E-state index is 3.92. The minimum absolute atomic E-state index is 0.667. The van der Waals surface area contributed by atoms with Crippen molar-refractivity contribution in [1.29, 1.82) is 0 Å². The third-order valence-corrected chi connectivity index (χ3v) is 4.48. The predicted octanol–water partition coefficient (Wildman–Crippen LogP) is 3.28. The van der Waals surface area contributed by atoms with E-state index < -0.39 is 0 Å². The maximum atomic E-state index is 3.92. The molecule has 1 saturated heterocycles. The van der Waals surface area contributed by atoms with E-state index in [1.807, 2.05) is 0 Å². The molecule has 2 atom stereocenters. The molecule has 0 radical (unpaired) electrons. The van der Waals surface area contributed by atoms with Gasteiger partial charge in [0.05, 0.1) is 0 Å². The number of likely N-dealkylation sites (tertiary alicyclic amines) is 1. The van der Waals surface area contributed by atoms with Crippen molar-refractivity contribution in [2.45, 2.75) is 71.4 Å². The Bertz CT molecular complexity index is 229. The van der Waals surface area contributed by atoms with Gasteiger partial charge in [0.15, 0.2) is 0 Å². The largest absolute Gasteiger partial charge is 0.310 e. The second-order valence-electron chi connectivity index (χ2n) is 6.99. The van der Waals surface area contributed by atoms with Crippen LogP contribution in [0.4, 0.5) is 0 Å². The topological polar surface area (TPSA) is 15.3 Å². The molecule has 2 rings (SSSR count). The fraction of sp³-hybridized carbons (Fsp3) is 1.00. The summed E-state index contributed by atoms with van der Waals surface area (Å²) in [5.41, 5.74) is 0. The Hall–Kier alpha value is -0.0800. The molecule has 2 aliphatic rings. The van der Waals surface area contributed by atoms with Crippen molar-refractivity contribution in [3.63, 3.8) is 0 Å². The van der Waals surface area contributed by atoms with E-state index in [0.29, 0.717) is 6.04 Å². The lowest BCUT2D eigenvalue weighted by Gasteiger charge is -2.27. The van der Waals surface area contributed by atoms with E-state index in [0.717, 1.165) is 17.9 Å². The molecule has 18 heavy (non-hydrogen) atoms. The highest BCUT2D eigenvalue weighted by atomic mass is 15.2. The van der Waals surface area contributed by atoms with Crippen LogP contribution in [0.5, 0.6) is 0 Å². The zero-order valence-corrected chi connectivity index (χ0v) is 12.6. The molecule has 2 heteroatoms. The van der Waals surface area contributed by atoms with Gasteiger partial charge < -0.3 is 10.2 Å². The first-order chi connectivity index (χ1) is 8.65. The van der Waals surface area contributed by atoms with E-state index in [1.165, 1.54) is 58.2 Å². The Morgan fingerprint density at radius 2 is 1.72 bits per heavy atom. The van der Waals surface area contributed by atoms with Gasteiger partial charge >= 0.3 is 0 Å². The Morgan fingerprint density at radius 3 is 2.28 bits per heavy atom. The van der Waals surface area contributed by atoms with Crippen molar-refractivity contribution in [1.82, 2.24) is 10.2 Å². The summed E-state index contributed by atoms with van der Waals surface area (Å²) < 4.78 is 0. The van der Waals surface area contributed by atoms with Crippen LogP contribution < -0.4 is 5.32 Å². The summed E-state index contributed by atoms with van der Waals surface area (Å²) in [6.45, 7) is 11.0. The lowest BCUT2D eigenvalue weighted by atomic mass is 9.99. The number of rotatable bonds is 8. The molecule has 0 aromatic carbocycles. The zero-order chi connectivity index (χ0) is 13.0. The average molecular weight is 252 g/mol. The standard InChI is InChI=1S/C16H32N2/c1-13(2)6-9-16(15-7-8-15)17-14(3)12-18-10-4-5-11-18/h13-17H,4-12H2,1-3H3. The minimum Gasteiger partial charge on any atom is -0.310 e. The number of nitrogens with one attached hydrogen (secondary N) is 1. The number of hydrogen-bond acceptors (Lipinski definition) is 2. The molecule has 0 amide bonds. The van der Waals surface area contributed by atoms with Crippen LogP contribution in [0.25, 0.3) is 0 Å². The second kappa shape index (κ2) is 6.91. The van der Waals surface area contributed by atoms with Crippen molar-refractivity contribution in [3.05, 3.63) is 0 Å². The first-order valence-electron chi connectivity index (χ1n) is 8.13. The smallest absolute Gasteiger partial charge is 0.0169 e. The normalized spacial score (nSPS) is 24.7. The highest BCUT2D eigenvalue weighted by Crippen LogP contribution is 2.35. The van der Waals surface area contributed by atoms with Crippen LogP contribution in [0.2, 0.25) is 0 Å². The minimum atomic E-state index is 0.667. The quantitative estimate of drug-likeness (QED) is 0.713. The molecule has 1 N–H and O–H groups in total. The van der Waals surface area contributed by atoms with Gasteiger partial charge in [-0.1, -0.05) is 13.8 Å². The van der Waals surface area contributed by atoms with Crippen molar-refractivity contribution >= 4 is 0 Å². The molecule has 1 aliphatic heterocycles. The Morgan fingerprint density at radius 1 is 1.06 bits per heavy atom. The summed E-state index contributed by atoms with van der Waals surface area (Å²) in [6.07, 6.45) is 8.51. The van der Waals surface area contributed by atoms with Crippen molar-refractivity contribution in [2.24, 2.45) is 11.8 Å². The fourth-order valence-electron chi connectivity index (χ4n) is 3.24. The van der Waals surface area contributed by atoms with Gasteiger partial charge in [-0.05, 0) is 70.4 Å². The third kappa shape index (κ3) is 4.89. The molecule has 1 saturated carbocycles. The molecule has 2 unspecified atom stereocenters. The summed E-state index contributed by atoms with van der Waals surface area (Å²) >= 11 is 0. The van der Waals surface area contributed by atoms with Gasteiger partial charge in [-0.3, -0.25) is 0 Å². The molecule has 0 aromatic rings. The van der Waals surface area contributed by atoms with Gasteiger partial charge in [0.2, 0.25) is 0 Å². The highest BCUT2D eigenvalue weighted by Gasteiger charge is 2.31. The first kappa shape index (κ1) is 14.3. The molecule has 106 valence electrons. The summed E-state index contributed by atoms with van der Waals surface area (Å²) in [6, 6.07) is 1.46. The molecular formula is C16H32N2. The molecule has 1 heterocycles.